The van der Waals surface area contributed by atoms with Gasteiger partial charge in [-0.2, -0.15) is 13.2 Å². The number of ether oxygens (including phenoxy) is 2. The van der Waals surface area contributed by atoms with Crippen LogP contribution in [0.3, 0.4) is 0 Å². The molecule has 2 rings (SSSR count). The molecule has 94 valence electrons. The van der Waals surface area contributed by atoms with E-state index in [0.29, 0.717) is 0 Å². The molecule has 1 fully saturated rings. The van der Waals surface area contributed by atoms with Gasteiger partial charge in [0.1, 0.15) is 11.7 Å². The molecule has 0 bridgehead atoms. The minimum atomic E-state index is -4.49. The molecule has 1 unspecified atom stereocenters. The lowest BCUT2D eigenvalue weighted by molar-refractivity contribution is -0.207. The number of halogens is 4. The summed E-state index contributed by atoms with van der Waals surface area (Å²) >= 11 is 0. The Labute approximate surface area is 95.1 Å². The van der Waals surface area contributed by atoms with Crippen LogP contribution in [0.5, 0.6) is 0 Å². The molecule has 0 aromatic heterocycles. The third kappa shape index (κ3) is 2.76. The Morgan fingerprint density at radius 3 is 2.06 bits per heavy atom. The molecule has 2 nitrogen and oxygen atoms in total. The monoisotopic (exact) mass is 250 g/mol. The van der Waals surface area contributed by atoms with Gasteiger partial charge in [0, 0.05) is 0 Å². The van der Waals surface area contributed by atoms with E-state index in [1.54, 1.807) is 0 Å². The van der Waals surface area contributed by atoms with Gasteiger partial charge in [-0.25, -0.2) is 4.39 Å². The van der Waals surface area contributed by atoms with Crippen LogP contribution >= 0.6 is 0 Å². The number of alkyl halides is 3. The highest BCUT2D eigenvalue weighted by Crippen LogP contribution is 2.40. The van der Waals surface area contributed by atoms with E-state index in [9.17, 15) is 17.6 Å². The predicted octanol–water partition coefficient (Wildman–Crippen LogP) is 2.84. The maximum Gasteiger partial charge on any atom is 0.400 e. The van der Waals surface area contributed by atoms with Crippen molar-refractivity contribution >= 4 is 0 Å². The van der Waals surface area contributed by atoms with Crippen LogP contribution in [0.25, 0.3) is 0 Å². The van der Waals surface area contributed by atoms with Gasteiger partial charge in [0.2, 0.25) is 0 Å². The first-order valence-corrected chi connectivity index (χ1v) is 5.04. The molecule has 1 aliphatic rings. The fourth-order valence-corrected chi connectivity index (χ4v) is 1.74. The summed E-state index contributed by atoms with van der Waals surface area (Å²) in [5.74, 6) is -2.46. The lowest BCUT2D eigenvalue weighted by Crippen LogP contribution is -2.32. The summed E-state index contributed by atoms with van der Waals surface area (Å²) in [7, 11) is 0. The van der Waals surface area contributed by atoms with Crippen molar-refractivity contribution in [2.24, 2.45) is 0 Å². The number of hydrogen-bond donors (Lipinski definition) is 0. The molecular formula is C11H10F4O2. The molecule has 0 saturated carbocycles. The quantitative estimate of drug-likeness (QED) is 0.751. The number of rotatable bonds is 2. The average molecular weight is 250 g/mol. The van der Waals surface area contributed by atoms with Gasteiger partial charge in [-0.05, 0) is 17.7 Å². The van der Waals surface area contributed by atoms with Crippen LogP contribution in [0.1, 0.15) is 11.5 Å². The fraction of sp³-hybridized carbons (Fsp3) is 0.455. The van der Waals surface area contributed by atoms with Crippen molar-refractivity contribution in [1.29, 1.82) is 0 Å². The van der Waals surface area contributed by atoms with E-state index in [-0.39, 0.29) is 18.8 Å². The first kappa shape index (κ1) is 12.3. The van der Waals surface area contributed by atoms with Crippen LogP contribution in [0.2, 0.25) is 0 Å². The van der Waals surface area contributed by atoms with Gasteiger partial charge in [-0.15, -0.1) is 0 Å². The highest BCUT2D eigenvalue weighted by atomic mass is 19.4. The largest absolute Gasteiger partial charge is 0.400 e. The van der Waals surface area contributed by atoms with Crippen LogP contribution in [0.15, 0.2) is 24.3 Å². The molecule has 0 spiro atoms. The van der Waals surface area contributed by atoms with Crippen molar-refractivity contribution in [1.82, 2.24) is 0 Å². The fourth-order valence-electron chi connectivity index (χ4n) is 1.74. The minimum Gasteiger partial charge on any atom is -0.349 e. The summed E-state index contributed by atoms with van der Waals surface area (Å²) in [4.78, 5) is 0. The molecule has 1 atom stereocenters. The van der Waals surface area contributed by atoms with E-state index < -0.39 is 24.2 Å². The SMILES string of the molecule is Fc1ccc(C(C2OCCO2)C(F)(F)F)cc1. The van der Waals surface area contributed by atoms with Crippen molar-refractivity contribution in [2.45, 2.75) is 18.4 Å². The summed E-state index contributed by atoms with van der Waals surface area (Å²) in [6.45, 7) is 0.275. The Balaban J connectivity index is 2.29. The molecule has 1 aliphatic heterocycles. The molecule has 0 N–H and O–H groups in total. The number of benzene rings is 1. The average Bonchev–Trinajstić information content (AvgIpc) is 2.72. The van der Waals surface area contributed by atoms with E-state index in [0.717, 1.165) is 24.3 Å². The smallest absolute Gasteiger partial charge is 0.349 e. The molecule has 17 heavy (non-hydrogen) atoms. The molecule has 1 heterocycles. The van der Waals surface area contributed by atoms with E-state index >= 15 is 0 Å². The predicted molar refractivity (Wildman–Crippen MR) is 50.9 cm³/mol. The van der Waals surface area contributed by atoms with Crippen LogP contribution < -0.4 is 0 Å². The molecule has 6 heteroatoms. The zero-order valence-corrected chi connectivity index (χ0v) is 8.71. The van der Waals surface area contributed by atoms with Crippen LogP contribution in [0, 0.1) is 5.82 Å². The third-order valence-corrected chi connectivity index (χ3v) is 2.50. The standard InChI is InChI=1S/C11H10F4O2/c12-8-3-1-7(2-4-8)9(11(13,14)15)10-16-5-6-17-10/h1-4,9-10H,5-6H2. The molecular weight excluding hydrogens is 240 g/mol. The number of hydrogen-bond acceptors (Lipinski definition) is 2. The second-order valence-electron chi connectivity index (χ2n) is 3.68. The van der Waals surface area contributed by atoms with E-state index in [1.807, 2.05) is 0 Å². The van der Waals surface area contributed by atoms with Gasteiger partial charge < -0.3 is 9.47 Å². The summed E-state index contributed by atoms with van der Waals surface area (Å²) < 4.78 is 61.2. The van der Waals surface area contributed by atoms with Crippen molar-refractivity contribution in [3.8, 4) is 0 Å². The lowest BCUT2D eigenvalue weighted by Gasteiger charge is -2.24. The molecule has 0 amide bonds. The summed E-state index contributed by atoms with van der Waals surface area (Å²) in [6, 6.07) is 4.17. The summed E-state index contributed by atoms with van der Waals surface area (Å²) in [5, 5.41) is 0. The maximum atomic E-state index is 12.9. The second-order valence-corrected chi connectivity index (χ2v) is 3.68. The van der Waals surface area contributed by atoms with Gasteiger partial charge in [0.15, 0.2) is 6.29 Å². The maximum absolute atomic E-state index is 12.9. The first-order chi connectivity index (χ1) is 7.98. The van der Waals surface area contributed by atoms with Gasteiger partial charge in [-0.1, -0.05) is 12.1 Å². The highest BCUT2D eigenvalue weighted by Gasteiger charge is 2.48. The zero-order chi connectivity index (χ0) is 12.5. The molecule has 1 aromatic carbocycles. The highest BCUT2D eigenvalue weighted by molar-refractivity contribution is 5.22. The second kappa shape index (κ2) is 4.62. The van der Waals surface area contributed by atoms with Gasteiger partial charge in [0.05, 0.1) is 13.2 Å². The molecule has 1 saturated heterocycles. The van der Waals surface area contributed by atoms with Crippen molar-refractivity contribution in [2.75, 3.05) is 13.2 Å². The Morgan fingerprint density at radius 2 is 1.59 bits per heavy atom. The Kier molecular flexibility index (Phi) is 3.35. The zero-order valence-electron chi connectivity index (χ0n) is 8.71. The molecule has 0 aliphatic carbocycles. The topological polar surface area (TPSA) is 18.5 Å². The van der Waals surface area contributed by atoms with Gasteiger partial charge >= 0.3 is 6.18 Å². The van der Waals surface area contributed by atoms with Crippen LogP contribution in [0.4, 0.5) is 17.6 Å². The lowest BCUT2D eigenvalue weighted by atomic mass is 9.98. The van der Waals surface area contributed by atoms with Crippen molar-refractivity contribution in [3.63, 3.8) is 0 Å². The molecule has 0 radical (unpaired) electrons. The summed E-state index contributed by atoms with van der Waals surface area (Å²) in [6.07, 6.45) is -5.84. The third-order valence-electron chi connectivity index (χ3n) is 2.50. The van der Waals surface area contributed by atoms with Crippen LogP contribution in [-0.4, -0.2) is 25.7 Å². The Morgan fingerprint density at radius 1 is 1.06 bits per heavy atom. The Hall–Kier alpha value is -1.14. The first-order valence-electron chi connectivity index (χ1n) is 5.04. The molecule has 1 aromatic rings. The van der Waals surface area contributed by atoms with Crippen molar-refractivity contribution in [3.05, 3.63) is 35.6 Å². The normalized spacial score (nSPS) is 19.5. The minimum absolute atomic E-state index is 0.0641. The van der Waals surface area contributed by atoms with Gasteiger partial charge in [-0.3, -0.25) is 0 Å². The van der Waals surface area contributed by atoms with Crippen LogP contribution in [-0.2, 0) is 9.47 Å². The van der Waals surface area contributed by atoms with E-state index in [2.05, 4.69) is 0 Å². The summed E-state index contributed by atoms with van der Waals surface area (Å²) in [5.41, 5.74) is -0.0641. The van der Waals surface area contributed by atoms with Gasteiger partial charge in [0.25, 0.3) is 0 Å². The van der Waals surface area contributed by atoms with Crippen molar-refractivity contribution < 1.29 is 27.0 Å². The van der Waals surface area contributed by atoms with E-state index in [1.165, 1.54) is 0 Å². The Bertz CT molecular complexity index is 368. The van der Waals surface area contributed by atoms with E-state index in [4.69, 9.17) is 9.47 Å².